The van der Waals surface area contributed by atoms with Gasteiger partial charge in [-0.3, -0.25) is 4.79 Å². The fraction of sp³-hybridized carbons (Fsp3) is 0.944. The van der Waals surface area contributed by atoms with E-state index in [1.54, 1.807) is 7.11 Å². The zero-order valence-corrected chi connectivity index (χ0v) is 14.2. The number of hydrogen-bond acceptors (Lipinski definition) is 3. The first kappa shape index (κ1) is 16.3. The Morgan fingerprint density at radius 1 is 1.14 bits per heavy atom. The molecule has 3 fully saturated rings. The van der Waals surface area contributed by atoms with Gasteiger partial charge in [-0.2, -0.15) is 0 Å². The molecule has 0 unspecified atom stereocenters. The van der Waals surface area contributed by atoms with Gasteiger partial charge >= 0.3 is 0 Å². The van der Waals surface area contributed by atoms with Crippen LogP contribution in [0.3, 0.4) is 0 Å². The second kappa shape index (κ2) is 7.31. The van der Waals surface area contributed by atoms with Crippen LogP contribution in [0, 0.1) is 11.3 Å². The lowest BCUT2D eigenvalue weighted by Gasteiger charge is -2.28. The fourth-order valence-electron chi connectivity index (χ4n) is 4.73. The van der Waals surface area contributed by atoms with Crippen LogP contribution in [0.15, 0.2) is 0 Å². The quantitative estimate of drug-likeness (QED) is 0.800. The maximum absolute atomic E-state index is 12.8. The molecule has 0 bridgehead atoms. The molecule has 0 aromatic heterocycles. The van der Waals surface area contributed by atoms with E-state index in [1.165, 1.54) is 44.9 Å². The lowest BCUT2D eigenvalue weighted by Crippen LogP contribution is -2.37. The zero-order chi connectivity index (χ0) is 15.4. The highest BCUT2D eigenvalue weighted by Crippen LogP contribution is 2.43. The van der Waals surface area contributed by atoms with E-state index < -0.39 is 0 Å². The van der Waals surface area contributed by atoms with Gasteiger partial charge in [-0.25, -0.2) is 0 Å². The molecule has 1 atom stereocenters. The van der Waals surface area contributed by atoms with Gasteiger partial charge in [0.15, 0.2) is 0 Å². The van der Waals surface area contributed by atoms with Gasteiger partial charge < -0.3 is 14.5 Å². The number of carbonyl (C=O) groups is 1. The molecule has 2 saturated heterocycles. The Morgan fingerprint density at radius 3 is 2.64 bits per heavy atom. The van der Waals surface area contributed by atoms with E-state index >= 15 is 0 Å². The van der Waals surface area contributed by atoms with E-state index in [-0.39, 0.29) is 5.92 Å². The molecule has 1 aliphatic carbocycles. The minimum absolute atomic E-state index is 0.234. The van der Waals surface area contributed by atoms with E-state index in [9.17, 15) is 4.79 Å². The summed E-state index contributed by atoms with van der Waals surface area (Å²) >= 11 is 0. The van der Waals surface area contributed by atoms with E-state index in [0.29, 0.717) is 11.3 Å². The van der Waals surface area contributed by atoms with Crippen molar-refractivity contribution in [2.75, 3.05) is 46.4 Å². The van der Waals surface area contributed by atoms with Crippen molar-refractivity contribution in [1.82, 2.24) is 9.80 Å². The molecule has 0 aromatic rings. The molecule has 1 amide bonds. The second-order valence-corrected chi connectivity index (χ2v) is 7.70. The Bertz CT molecular complexity index is 377. The van der Waals surface area contributed by atoms with Crippen LogP contribution < -0.4 is 0 Å². The van der Waals surface area contributed by atoms with Crippen molar-refractivity contribution in [3.8, 4) is 0 Å². The molecule has 22 heavy (non-hydrogen) atoms. The Hall–Kier alpha value is -0.610. The summed E-state index contributed by atoms with van der Waals surface area (Å²) < 4.78 is 5.15. The molecule has 4 nitrogen and oxygen atoms in total. The van der Waals surface area contributed by atoms with Crippen LogP contribution in [0.2, 0.25) is 0 Å². The van der Waals surface area contributed by atoms with Crippen LogP contribution in [0.5, 0.6) is 0 Å². The molecule has 2 aliphatic heterocycles. The molecule has 3 rings (SSSR count). The van der Waals surface area contributed by atoms with Crippen molar-refractivity contribution in [2.45, 2.75) is 51.4 Å². The summed E-state index contributed by atoms with van der Waals surface area (Å²) in [5, 5.41) is 0. The average Bonchev–Trinajstić information content (AvgIpc) is 3.09. The first-order chi connectivity index (χ1) is 10.7. The third-order valence-electron chi connectivity index (χ3n) is 6.15. The van der Waals surface area contributed by atoms with E-state index in [2.05, 4.69) is 9.80 Å². The van der Waals surface area contributed by atoms with Crippen molar-refractivity contribution in [2.24, 2.45) is 11.3 Å². The van der Waals surface area contributed by atoms with Gasteiger partial charge in [0.25, 0.3) is 0 Å². The van der Waals surface area contributed by atoms with E-state index in [1.807, 2.05) is 0 Å². The Balaban J connectivity index is 1.51. The minimum Gasteiger partial charge on any atom is -0.383 e. The molecular formula is C18H32N2O2. The lowest BCUT2D eigenvalue weighted by molar-refractivity contribution is -0.134. The summed E-state index contributed by atoms with van der Waals surface area (Å²) in [4.78, 5) is 17.4. The van der Waals surface area contributed by atoms with Crippen LogP contribution in [-0.4, -0.2) is 62.1 Å². The molecule has 3 aliphatic rings. The fourth-order valence-corrected chi connectivity index (χ4v) is 4.73. The SMILES string of the molecule is COCCN1CC[C@H](C(=O)N2CCC3(CCCCCC3)C2)C1. The summed E-state index contributed by atoms with van der Waals surface area (Å²) in [5.74, 6) is 0.666. The standard InChI is InChI=1S/C18H32N2O2/c1-22-13-12-19-10-6-16(14-19)17(21)20-11-9-18(15-20)7-4-2-3-5-8-18/h16H,2-15H2,1H3/t16-/m0/s1. The second-order valence-electron chi connectivity index (χ2n) is 7.70. The maximum atomic E-state index is 12.8. The lowest BCUT2D eigenvalue weighted by atomic mass is 9.80. The summed E-state index contributed by atoms with van der Waals surface area (Å²) in [6.45, 7) is 5.77. The van der Waals surface area contributed by atoms with E-state index in [4.69, 9.17) is 4.74 Å². The number of nitrogens with zero attached hydrogens (tertiary/aromatic N) is 2. The van der Waals surface area contributed by atoms with Crippen LogP contribution in [-0.2, 0) is 9.53 Å². The predicted octanol–water partition coefficient (Wildman–Crippen LogP) is 2.53. The highest BCUT2D eigenvalue weighted by atomic mass is 16.5. The largest absolute Gasteiger partial charge is 0.383 e. The van der Waals surface area contributed by atoms with Crippen LogP contribution >= 0.6 is 0 Å². The van der Waals surface area contributed by atoms with Crippen molar-refractivity contribution in [1.29, 1.82) is 0 Å². The van der Waals surface area contributed by atoms with Gasteiger partial charge in [0.2, 0.25) is 5.91 Å². The number of hydrogen-bond donors (Lipinski definition) is 0. The van der Waals surface area contributed by atoms with Gasteiger partial charge in [0, 0.05) is 33.3 Å². The molecule has 1 saturated carbocycles. The van der Waals surface area contributed by atoms with Gasteiger partial charge in [-0.1, -0.05) is 25.7 Å². The van der Waals surface area contributed by atoms with Gasteiger partial charge in [-0.15, -0.1) is 0 Å². The van der Waals surface area contributed by atoms with Crippen molar-refractivity contribution < 1.29 is 9.53 Å². The first-order valence-corrected chi connectivity index (χ1v) is 9.23. The molecular weight excluding hydrogens is 276 g/mol. The Labute approximate surface area is 135 Å². The Morgan fingerprint density at radius 2 is 1.91 bits per heavy atom. The number of rotatable bonds is 4. The van der Waals surface area contributed by atoms with Gasteiger partial charge in [0.05, 0.1) is 12.5 Å². The third-order valence-corrected chi connectivity index (χ3v) is 6.15. The number of likely N-dealkylation sites (tertiary alicyclic amines) is 2. The third kappa shape index (κ3) is 3.65. The summed E-state index contributed by atoms with van der Waals surface area (Å²) in [6.07, 6.45) is 10.5. The molecule has 2 heterocycles. The van der Waals surface area contributed by atoms with Crippen molar-refractivity contribution in [3.05, 3.63) is 0 Å². The normalized spacial score (nSPS) is 29.1. The van der Waals surface area contributed by atoms with Gasteiger partial charge in [0.1, 0.15) is 0 Å². The Kier molecular flexibility index (Phi) is 5.40. The highest BCUT2D eigenvalue weighted by molar-refractivity contribution is 5.79. The average molecular weight is 308 g/mol. The topological polar surface area (TPSA) is 32.8 Å². The summed E-state index contributed by atoms with van der Waals surface area (Å²) in [6, 6.07) is 0. The van der Waals surface area contributed by atoms with E-state index in [0.717, 1.165) is 45.8 Å². The highest BCUT2D eigenvalue weighted by Gasteiger charge is 2.42. The molecule has 0 radical (unpaired) electrons. The number of amides is 1. The number of methoxy groups -OCH3 is 1. The monoisotopic (exact) mass is 308 g/mol. The van der Waals surface area contributed by atoms with Crippen molar-refractivity contribution >= 4 is 5.91 Å². The minimum atomic E-state index is 0.234. The molecule has 126 valence electrons. The smallest absolute Gasteiger partial charge is 0.227 e. The molecule has 0 aromatic carbocycles. The summed E-state index contributed by atoms with van der Waals surface area (Å²) in [7, 11) is 1.75. The number of carbonyl (C=O) groups excluding carboxylic acids is 1. The van der Waals surface area contributed by atoms with Crippen molar-refractivity contribution in [3.63, 3.8) is 0 Å². The number of ether oxygens (including phenoxy) is 1. The van der Waals surface area contributed by atoms with Crippen LogP contribution in [0.4, 0.5) is 0 Å². The zero-order valence-electron chi connectivity index (χ0n) is 14.2. The van der Waals surface area contributed by atoms with Crippen LogP contribution in [0.25, 0.3) is 0 Å². The first-order valence-electron chi connectivity index (χ1n) is 9.23. The van der Waals surface area contributed by atoms with Gasteiger partial charge in [-0.05, 0) is 37.6 Å². The molecule has 0 N–H and O–H groups in total. The summed E-state index contributed by atoms with van der Waals surface area (Å²) in [5.41, 5.74) is 0.473. The molecule has 4 heteroatoms. The maximum Gasteiger partial charge on any atom is 0.227 e. The predicted molar refractivity (Wildman–Crippen MR) is 87.8 cm³/mol. The van der Waals surface area contributed by atoms with Crippen LogP contribution in [0.1, 0.15) is 51.4 Å². The molecule has 1 spiro atoms.